The van der Waals surface area contributed by atoms with Crippen molar-refractivity contribution in [2.24, 2.45) is 7.05 Å². The van der Waals surface area contributed by atoms with Crippen LogP contribution in [0.2, 0.25) is 0 Å². The van der Waals surface area contributed by atoms with Gasteiger partial charge in [0.05, 0.1) is 6.42 Å². The number of aliphatic carboxylic acids is 1. The van der Waals surface area contributed by atoms with Crippen molar-refractivity contribution in [2.75, 3.05) is 0 Å². The van der Waals surface area contributed by atoms with Gasteiger partial charge < -0.3 is 9.67 Å². The van der Waals surface area contributed by atoms with E-state index in [4.69, 9.17) is 5.11 Å². The van der Waals surface area contributed by atoms with E-state index in [1.807, 2.05) is 0 Å². The number of hydrogen-bond acceptors (Lipinski definition) is 4. The van der Waals surface area contributed by atoms with E-state index in [1.165, 1.54) is 6.20 Å². The zero-order valence-corrected chi connectivity index (χ0v) is 11.4. The second-order valence-corrected chi connectivity index (χ2v) is 5.72. The summed E-state index contributed by atoms with van der Waals surface area (Å²) in [5.41, 5.74) is 0. The van der Waals surface area contributed by atoms with E-state index in [9.17, 15) is 13.2 Å². The molecule has 0 aliphatic heterocycles. The molecular formula is C10H17N3O4S. The number of nitrogens with zero attached hydrogens (tertiary/aromatic N) is 2. The maximum absolute atomic E-state index is 12.0. The van der Waals surface area contributed by atoms with Gasteiger partial charge in [-0.05, 0) is 13.3 Å². The number of carbonyl (C=O) groups is 1. The Morgan fingerprint density at radius 2 is 2.22 bits per heavy atom. The SMILES string of the molecule is CCC(CC(=O)O)NS(=O)(=O)c1cn(C)c(C)n1. The largest absolute Gasteiger partial charge is 0.481 e. The summed E-state index contributed by atoms with van der Waals surface area (Å²) >= 11 is 0. The number of carboxylic acids is 1. The number of aryl methyl sites for hydroxylation is 2. The highest BCUT2D eigenvalue weighted by Crippen LogP contribution is 2.10. The minimum atomic E-state index is -3.76. The van der Waals surface area contributed by atoms with E-state index in [-0.39, 0.29) is 11.4 Å². The first-order valence-corrected chi connectivity index (χ1v) is 6.98. The number of nitrogens with one attached hydrogen (secondary N) is 1. The van der Waals surface area contributed by atoms with Crippen molar-refractivity contribution in [3.8, 4) is 0 Å². The van der Waals surface area contributed by atoms with Gasteiger partial charge in [-0.2, -0.15) is 0 Å². The van der Waals surface area contributed by atoms with Crippen LogP contribution in [0.4, 0.5) is 0 Å². The molecule has 0 saturated carbocycles. The first-order chi connectivity index (χ1) is 8.26. The number of sulfonamides is 1. The summed E-state index contributed by atoms with van der Waals surface area (Å²) in [7, 11) is -2.07. The molecule has 1 unspecified atom stereocenters. The molecule has 2 N–H and O–H groups in total. The van der Waals surface area contributed by atoms with Gasteiger partial charge in [-0.1, -0.05) is 6.92 Å². The van der Waals surface area contributed by atoms with Crippen LogP contribution in [0.15, 0.2) is 11.2 Å². The first kappa shape index (κ1) is 14.7. The Hall–Kier alpha value is -1.41. The lowest BCUT2D eigenvalue weighted by Gasteiger charge is -2.13. The Morgan fingerprint density at radius 3 is 2.61 bits per heavy atom. The molecule has 0 saturated heterocycles. The summed E-state index contributed by atoms with van der Waals surface area (Å²) in [4.78, 5) is 14.5. The molecule has 8 heteroatoms. The maximum Gasteiger partial charge on any atom is 0.304 e. The summed E-state index contributed by atoms with van der Waals surface area (Å²) in [6, 6.07) is -0.630. The van der Waals surface area contributed by atoms with Gasteiger partial charge in [-0.3, -0.25) is 4.79 Å². The van der Waals surface area contributed by atoms with Gasteiger partial charge in [-0.25, -0.2) is 18.1 Å². The Morgan fingerprint density at radius 1 is 1.61 bits per heavy atom. The van der Waals surface area contributed by atoms with Crippen LogP contribution in [0.25, 0.3) is 0 Å². The molecule has 0 spiro atoms. The molecule has 0 radical (unpaired) electrons. The molecule has 1 aromatic heterocycles. The minimum absolute atomic E-state index is 0.0914. The van der Waals surface area contributed by atoms with Crippen LogP contribution in [-0.2, 0) is 21.9 Å². The molecule has 1 heterocycles. The van der Waals surface area contributed by atoms with E-state index < -0.39 is 22.0 Å². The minimum Gasteiger partial charge on any atom is -0.481 e. The van der Waals surface area contributed by atoms with Gasteiger partial charge in [-0.15, -0.1) is 0 Å². The van der Waals surface area contributed by atoms with Crippen molar-refractivity contribution in [2.45, 2.75) is 37.8 Å². The molecule has 0 aliphatic rings. The van der Waals surface area contributed by atoms with Gasteiger partial charge in [0.1, 0.15) is 5.82 Å². The average molecular weight is 275 g/mol. The number of hydrogen-bond donors (Lipinski definition) is 2. The number of imidazole rings is 1. The summed E-state index contributed by atoms with van der Waals surface area (Å²) < 4.78 is 27.9. The molecule has 1 aromatic rings. The Balaban J connectivity index is 2.90. The standard InChI is InChI=1S/C10H17N3O4S/c1-4-8(5-10(14)15)12-18(16,17)9-6-13(3)7(2)11-9/h6,8,12H,4-5H2,1-3H3,(H,14,15). The van der Waals surface area contributed by atoms with Crippen molar-refractivity contribution in [3.05, 3.63) is 12.0 Å². The molecule has 0 fully saturated rings. The highest BCUT2D eigenvalue weighted by atomic mass is 32.2. The van der Waals surface area contributed by atoms with Gasteiger partial charge in [0.2, 0.25) is 0 Å². The Bertz CT molecular complexity index is 516. The van der Waals surface area contributed by atoms with Crippen molar-refractivity contribution in [3.63, 3.8) is 0 Å². The zero-order valence-electron chi connectivity index (χ0n) is 10.5. The third-order valence-corrected chi connectivity index (χ3v) is 3.99. The van der Waals surface area contributed by atoms with E-state index in [0.717, 1.165) is 0 Å². The van der Waals surface area contributed by atoms with Crippen LogP contribution in [0.1, 0.15) is 25.6 Å². The molecule has 1 rings (SSSR count). The van der Waals surface area contributed by atoms with E-state index >= 15 is 0 Å². The predicted molar refractivity (Wildman–Crippen MR) is 64.6 cm³/mol. The topological polar surface area (TPSA) is 101 Å². The summed E-state index contributed by atoms with van der Waals surface area (Å²) in [6.45, 7) is 3.41. The molecule has 18 heavy (non-hydrogen) atoms. The van der Waals surface area contributed by atoms with Crippen LogP contribution in [-0.4, -0.2) is 35.1 Å². The predicted octanol–water partition coefficient (Wildman–Crippen LogP) is 0.260. The average Bonchev–Trinajstić information content (AvgIpc) is 2.58. The number of carboxylic acid groups (broad SMARTS) is 1. The molecule has 102 valence electrons. The van der Waals surface area contributed by atoms with Gasteiger partial charge >= 0.3 is 5.97 Å². The number of rotatable bonds is 6. The normalized spacial score (nSPS) is 13.5. The summed E-state index contributed by atoms with van der Waals surface area (Å²) in [5, 5.41) is 8.58. The monoisotopic (exact) mass is 275 g/mol. The van der Waals surface area contributed by atoms with Crippen LogP contribution in [0.5, 0.6) is 0 Å². The lowest BCUT2D eigenvalue weighted by Crippen LogP contribution is -2.36. The van der Waals surface area contributed by atoms with Crippen molar-refractivity contribution >= 4 is 16.0 Å². The lowest BCUT2D eigenvalue weighted by molar-refractivity contribution is -0.137. The lowest BCUT2D eigenvalue weighted by atomic mass is 10.2. The van der Waals surface area contributed by atoms with Gasteiger partial charge in [0.25, 0.3) is 10.0 Å². The third-order valence-electron chi connectivity index (χ3n) is 2.60. The molecular weight excluding hydrogens is 258 g/mol. The summed E-state index contributed by atoms with van der Waals surface area (Å²) in [5.74, 6) is -0.469. The van der Waals surface area contributed by atoms with E-state index in [2.05, 4.69) is 9.71 Å². The Kier molecular flexibility index (Phi) is 4.47. The Labute approximate surface area is 106 Å². The van der Waals surface area contributed by atoms with Gasteiger partial charge in [0, 0.05) is 19.3 Å². The van der Waals surface area contributed by atoms with Crippen molar-refractivity contribution in [1.29, 1.82) is 0 Å². The number of aromatic nitrogens is 2. The van der Waals surface area contributed by atoms with Crippen molar-refractivity contribution in [1.82, 2.24) is 14.3 Å². The highest BCUT2D eigenvalue weighted by molar-refractivity contribution is 7.89. The maximum atomic E-state index is 12.0. The van der Waals surface area contributed by atoms with Crippen LogP contribution >= 0.6 is 0 Å². The molecule has 1 atom stereocenters. The first-order valence-electron chi connectivity index (χ1n) is 5.50. The second-order valence-electron chi connectivity index (χ2n) is 4.06. The molecule has 0 aliphatic carbocycles. The third kappa shape index (κ3) is 3.54. The van der Waals surface area contributed by atoms with Crippen molar-refractivity contribution < 1.29 is 18.3 Å². The molecule has 7 nitrogen and oxygen atoms in total. The van der Waals surface area contributed by atoms with Gasteiger partial charge in [0.15, 0.2) is 5.03 Å². The summed E-state index contributed by atoms with van der Waals surface area (Å²) in [6.07, 6.45) is 1.55. The zero-order chi connectivity index (χ0) is 13.9. The van der Waals surface area contributed by atoms with Crippen LogP contribution < -0.4 is 4.72 Å². The van der Waals surface area contributed by atoms with E-state index in [1.54, 1.807) is 25.5 Å². The molecule has 0 amide bonds. The molecule has 0 aromatic carbocycles. The van der Waals surface area contributed by atoms with Crippen LogP contribution in [0.3, 0.4) is 0 Å². The fourth-order valence-electron chi connectivity index (χ4n) is 1.42. The van der Waals surface area contributed by atoms with Crippen LogP contribution in [0, 0.1) is 6.92 Å². The quantitative estimate of drug-likeness (QED) is 0.775. The van der Waals surface area contributed by atoms with E-state index in [0.29, 0.717) is 12.2 Å². The smallest absolute Gasteiger partial charge is 0.304 e. The molecule has 0 bridgehead atoms. The fourth-order valence-corrected chi connectivity index (χ4v) is 2.77. The highest BCUT2D eigenvalue weighted by Gasteiger charge is 2.23. The second kappa shape index (κ2) is 5.49. The fraction of sp³-hybridized carbons (Fsp3) is 0.600.